The SMILES string of the molecule is CCC1Cc2c(N)nn(CC(=O)NC(Cc3cc(F)cc(F)c3)c3nc(C#CC(C)(C)O)ccc3-c3ccc(Cl)c4c(NS(C)(=O)=O)nn(C)c34)c2C1(F)F. The van der Waals surface area contributed by atoms with Crippen LogP contribution in [0.25, 0.3) is 22.0 Å². The van der Waals surface area contributed by atoms with Crippen molar-refractivity contribution >= 4 is 50.1 Å². The van der Waals surface area contributed by atoms with Gasteiger partial charge in [-0.05, 0) is 74.9 Å². The van der Waals surface area contributed by atoms with Gasteiger partial charge in [0.25, 0.3) is 5.92 Å². The first-order valence-corrected chi connectivity index (χ1v) is 19.3. The average Bonchev–Trinajstić information content (AvgIpc) is 3.66. The maximum atomic E-state index is 15.5. The van der Waals surface area contributed by atoms with Crippen molar-refractivity contribution in [3.05, 3.63) is 87.3 Å². The van der Waals surface area contributed by atoms with Crippen molar-refractivity contribution in [1.82, 2.24) is 29.9 Å². The van der Waals surface area contributed by atoms with Crippen molar-refractivity contribution in [2.45, 2.75) is 64.1 Å². The van der Waals surface area contributed by atoms with E-state index in [4.69, 9.17) is 22.3 Å². The zero-order valence-corrected chi connectivity index (χ0v) is 31.9. The highest BCUT2D eigenvalue weighted by atomic mass is 35.5. The van der Waals surface area contributed by atoms with Crippen LogP contribution in [0.3, 0.4) is 0 Å². The lowest BCUT2D eigenvalue weighted by Crippen LogP contribution is -2.35. The summed E-state index contributed by atoms with van der Waals surface area (Å²) in [6.45, 7) is 3.90. The number of nitrogens with one attached hydrogen (secondary N) is 2. The third kappa shape index (κ3) is 8.26. The van der Waals surface area contributed by atoms with Crippen LogP contribution in [0.5, 0.6) is 0 Å². The third-order valence-corrected chi connectivity index (χ3v) is 9.98. The average molecular weight is 801 g/mol. The largest absolute Gasteiger partial charge is 0.382 e. The lowest BCUT2D eigenvalue weighted by Gasteiger charge is -2.23. The third-order valence-electron chi connectivity index (χ3n) is 9.11. The Bertz CT molecular complexity index is 2500. The molecule has 5 aromatic rings. The number of pyridine rings is 1. The number of carbonyl (C=O) groups is 1. The summed E-state index contributed by atoms with van der Waals surface area (Å²) in [4.78, 5) is 18.7. The number of anilines is 2. The van der Waals surface area contributed by atoms with Crippen LogP contribution in [0.4, 0.5) is 29.2 Å². The molecule has 0 bridgehead atoms. The Morgan fingerprint density at radius 3 is 2.45 bits per heavy atom. The molecular formula is C37H37ClF4N8O4S. The fraction of sp³-hybridized carbons (Fsp3) is 0.351. The molecule has 0 saturated carbocycles. The van der Waals surface area contributed by atoms with E-state index in [9.17, 15) is 27.1 Å². The van der Waals surface area contributed by atoms with Crippen LogP contribution in [0.1, 0.15) is 61.4 Å². The van der Waals surface area contributed by atoms with E-state index in [-0.39, 0.29) is 63.8 Å². The summed E-state index contributed by atoms with van der Waals surface area (Å²) < 4.78 is 89.2. The number of carbonyl (C=O) groups excluding carboxylic acids is 1. The number of nitrogens with zero attached hydrogens (tertiary/aromatic N) is 5. The maximum absolute atomic E-state index is 15.5. The fourth-order valence-electron chi connectivity index (χ4n) is 6.83. The number of alkyl halides is 2. The molecule has 0 fully saturated rings. The Morgan fingerprint density at radius 2 is 1.82 bits per heavy atom. The molecule has 5 N–H and O–H groups in total. The molecule has 2 unspecified atom stereocenters. The summed E-state index contributed by atoms with van der Waals surface area (Å²) in [5.74, 6) is -1.57. The molecule has 3 aromatic heterocycles. The topological polar surface area (TPSA) is 170 Å². The second kappa shape index (κ2) is 14.5. The van der Waals surface area contributed by atoms with E-state index in [1.807, 2.05) is 0 Å². The number of hydrogen-bond acceptors (Lipinski definition) is 8. The number of aromatic nitrogens is 5. The van der Waals surface area contributed by atoms with Gasteiger partial charge in [-0.1, -0.05) is 30.5 Å². The Balaban J connectivity index is 1.53. The molecule has 0 radical (unpaired) electrons. The van der Waals surface area contributed by atoms with Gasteiger partial charge in [0.15, 0.2) is 5.82 Å². The molecule has 18 heteroatoms. The summed E-state index contributed by atoms with van der Waals surface area (Å²) in [5.41, 5.74) is 5.82. The van der Waals surface area contributed by atoms with E-state index in [0.717, 1.165) is 23.1 Å². The van der Waals surface area contributed by atoms with Gasteiger partial charge in [0.05, 0.1) is 33.9 Å². The first kappa shape index (κ1) is 39.5. The standard InChI is InChI=1S/C37H37ClF4N8O4S/c1-6-20-16-26-33(37(20,41)42)50(46-34(26)43)18-29(51)45-28(15-19-13-21(39)17-22(40)14-19)31-24(8-7-23(44-31)11-12-36(2,3)52)25-9-10-27(38)30-32(25)49(4)47-35(30)48-55(5,53)54/h7-10,13-14,17,20,28,52H,6,15-16,18H2,1-5H3,(H2,43,46)(H,45,51)(H,47,48). The van der Waals surface area contributed by atoms with Crippen LogP contribution in [-0.4, -0.2) is 55.8 Å². The number of rotatable bonds is 10. The summed E-state index contributed by atoms with van der Waals surface area (Å²) >= 11 is 6.59. The maximum Gasteiger partial charge on any atom is 0.292 e. The summed E-state index contributed by atoms with van der Waals surface area (Å²) in [6.07, 6.45) is 0.871. The number of amides is 1. The predicted octanol–water partition coefficient (Wildman–Crippen LogP) is 5.61. The van der Waals surface area contributed by atoms with E-state index in [1.54, 1.807) is 32.2 Å². The molecule has 290 valence electrons. The second-order valence-electron chi connectivity index (χ2n) is 14.0. The molecule has 6 rings (SSSR count). The molecule has 0 spiro atoms. The summed E-state index contributed by atoms with van der Waals surface area (Å²) in [6, 6.07) is 7.96. The molecule has 3 heterocycles. The van der Waals surface area contributed by atoms with Crippen LogP contribution in [-0.2, 0) is 47.2 Å². The Hall–Kier alpha value is -5.18. The lowest BCUT2D eigenvalue weighted by atomic mass is 9.93. The zero-order valence-electron chi connectivity index (χ0n) is 30.3. The van der Waals surface area contributed by atoms with Crippen LogP contribution in [0.2, 0.25) is 5.02 Å². The zero-order chi connectivity index (χ0) is 40.2. The molecule has 12 nitrogen and oxygen atoms in total. The number of benzene rings is 2. The predicted molar refractivity (Wildman–Crippen MR) is 200 cm³/mol. The first-order chi connectivity index (χ1) is 25.6. The molecule has 0 saturated heterocycles. The minimum Gasteiger partial charge on any atom is -0.382 e. The molecular weight excluding hydrogens is 764 g/mol. The smallest absolute Gasteiger partial charge is 0.292 e. The monoisotopic (exact) mass is 800 g/mol. The normalized spacial score (nSPS) is 15.7. The number of sulfonamides is 1. The van der Waals surface area contributed by atoms with Gasteiger partial charge in [0, 0.05) is 35.7 Å². The summed E-state index contributed by atoms with van der Waals surface area (Å²) in [7, 11) is -2.23. The highest BCUT2D eigenvalue weighted by molar-refractivity contribution is 7.92. The van der Waals surface area contributed by atoms with Crippen LogP contribution >= 0.6 is 11.6 Å². The second-order valence-corrected chi connectivity index (χ2v) is 16.2. The fourth-order valence-corrected chi connectivity index (χ4v) is 7.56. The van der Waals surface area contributed by atoms with Crippen molar-refractivity contribution in [2.75, 3.05) is 16.7 Å². The summed E-state index contributed by atoms with van der Waals surface area (Å²) in [5, 5.41) is 21.9. The lowest BCUT2D eigenvalue weighted by molar-refractivity contribution is -0.123. The van der Waals surface area contributed by atoms with Crippen LogP contribution in [0.15, 0.2) is 42.5 Å². The van der Waals surface area contributed by atoms with E-state index in [1.165, 1.54) is 24.6 Å². The van der Waals surface area contributed by atoms with Crippen molar-refractivity contribution in [3.8, 4) is 23.0 Å². The first-order valence-electron chi connectivity index (χ1n) is 17.0. The Morgan fingerprint density at radius 1 is 1.15 bits per heavy atom. The van der Waals surface area contributed by atoms with E-state index >= 15 is 8.78 Å². The van der Waals surface area contributed by atoms with Crippen LogP contribution < -0.4 is 15.8 Å². The van der Waals surface area contributed by atoms with Crippen LogP contribution in [0, 0.1) is 29.4 Å². The number of aryl methyl sites for hydroxylation is 1. The highest BCUT2D eigenvalue weighted by Gasteiger charge is 2.52. The van der Waals surface area contributed by atoms with Crippen molar-refractivity contribution in [3.63, 3.8) is 0 Å². The van der Waals surface area contributed by atoms with Gasteiger partial charge < -0.3 is 16.2 Å². The number of nitrogens with two attached hydrogens (primary N) is 1. The van der Waals surface area contributed by atoms with E-state index in [2.05, 4.69) is 32.1 Å². The number of aliphatic hydroxyl groups is 1. The van der Waals surface area contributed by atoms with Gasteiger partial charge in [0.2, 0.25) is 15.9 Å². The van der Waals surface area contributed by atoms with Gasteiger partial charge in [0.1, 0.15) is 41.0 Å². The molecule has 2 atom stereocenters. The van der Waals surface area contributed by atoms with Crippen molar-refractivity contribution < 1.29 is 35.9 Å². The van der Waals surface area contributed by atoms with Crippen molar-refractivity contribution in [1.29, 1.82) is 0 Å². The minimum atomic E-state index is -3.79. The van der Waals surface area contributed by atoms with Gasteiger partial charge in [-0.2, -0.15) is 19.0 Å². The molecule has 1 aliphatic rings. The molecule has 1 amide bonds. The quantitative estimate of drug-likeness (QED) is 0.104. The Kier molecular flexibility index (Phi) is 10.4. The molecule has 2 aromatic carbocycles. The molecule has 1 aliphatic carbocycles. The minimum absolute atomic E-state index is 0.00318. The van der Waals surface area contributed by atoms with Gasteiger partial charge in [-0.15, -0.1) is 0 Å². The Labute approximate surface area is 319 Å². The molecule has 0 aliphatic heterocycles. The van der Waals surface area contributed by atoms with Gasteiger partial charge in [-0.3, -0.25) is 18.9 Å². The number of nitrogen functional groups attached to an aromatic ring is 1. The molecule has 55 heavy (non-hydrogen) atoms. The number of fused-ring (bicyclic) bond motifs is 2. The van der Waals surface area contributed by atoms with E-state index < -0.39 is 63.3 Å². The number of hydrogen-bond donors (Lipinski definition) is 4. The highest BCUT2D eigenvalue weighted by Crippen LogP contribution is 2.49. The van der Waals surface area contributed by atoms with E-state index in [0.29, 0.717) is 22.7 Å². The number of halogens is 5. The van der Waals surface area contributed by atoms with Gasteiger partial charge in [-0.25, -0.2) is 22.2 Å². The van der Waals surface area contributed by atoms with Crippen molar-refractivity contribution in [2.24, 2.45) is 13.0 Å². The van der Waals surface area contributed by atoms with Gasteiger partial charge >= 0.3 is 0 Å².